The lowest BCUT2D eigenvalue weighted by Crippen LogP contribution is -2.41. The molecule has 3 nitrogen and oxygen atoms in total. The van der Waals surface area contributed by atoms with Gasteiger partial charge in [0.25, 0.3) is 0 Å². The van der Waals surface area contributed by atoms with Gasteiger partial charge >= 0.3 is 0 Å². The zero-order chi connectivity index (χ0) is 20.0. The summed E-state index contributed by atoms with van der Waals surface area (Å²) in [6.45, 7) is 4.60. The Kier molecular flexibility index (Phi) is 4.54. The van der Waals surface area contributed by atoms with E-state index in [1.807, 2.05) is 0 Å². The predicted octanol–water partition coefficient (Wildman–Crippen LogP) is 5.52. The van der Waals surface area contributed by atoms with Crippen LogP contribution in [0.2, 0.25) is 0 Å². The summed E-state index contributed by atoms with van der Waals surface area (Å²) in [7, 11) is 2.15. The molecule has 2 heterocycles. The molecule has 0 unspecified atom stereocenters. The fourth-order valence-electron chi connectivity index (χ4n) is 5.26. The Labute approximate surface area is 173 Å². The van der Waals surface area contributed by atoms with Crippen molar-refractivity contribution in [3.63, 3.8) is 0 Å². The standard InChI is InChI=1S/C26H30N3/c1-19-23(26-24-12-7-4-9-21(24)15-16-27(26)3)13-8-14-25(19)29-18-17-28(20(29)2)22-10-5-6-11-22/h4,7-9,12-18,20,22H,5-6,10-11H2,1-3H3/q+1/t20-/m1/s1. The highest BCUT2D eigenvalue weighted by Gasteiger charge is 2.31. The van der Waals surface area contributed by atoms with Crippen molar-refractivity contribution >= 4 is 16.5 Å². The molecular formula is C26H30N3+. The number of hydrogen-bond donors (Lipinski definition) is 0. The van der Waals surface area contributed by atoms with E-state index >= 15 is 0 Å². The predicted molar refractivity (Wildman–Crippen MR) is 120 cm³/mol. The minimum atomic E-state index is 0.369. The molecule has 0 amide bonds. The molecule has 0 N–H and O–H groups in total. The SMILES string of the molecule is Cc1c(-c2c3ccccc3cc[n+]2C)cccc1N1C=CN(C2CCCC2)[C@H]1C. The lowest BCUT2D eigenvalue weighted by Gasteiger charge is -2.34. The van der Waals surface area contributed by atoms with Gasteiger partial charge in [-0.2, -0.15) is 0 Å². The molecule has 0 radical (unpaired) electrons. The first-order valence-corrected chi connectivity index (χ1v) is 10.9. The molecule has 1 atom stereocenters. The van der Waals surface area contributed by atoms with Crippen LogP contribution < -0.4 is 9.47 Å². The molecule has 1 aromatic heterocycles. The number of benzene rings is 2. The van der Waals surface area contributed by atoms with E-state index in [1.54, 1.807) is 0 Å². The third-order valence-electron chi connectivity index (χ3n) is 6.86. The van der Waals surface area contributed by atoms with E-state index < -0.39 is 0 Å². The van der Waals surface area contributed by atoms with Gasteiger partial charge in [0.05, 0.1) is 10.9 Å². The first kappa shape index (κ1) is 18.2. The summed E-state index contributed by atoms with van der Waals surface area (Å²) in [5.74, 6) is 0. The molecule has 2 aliphatic rings. The summed E-state index contributed by atoms with van der Waals surface area (Å²) in [5.41, 5.74) is 5.23. The molecule has 1 fully saturated rings. The molecule has 5 rings (SSSR count). The number of pyridine rings is 1. The van der Waals surface area contributed by atoms with Crippen LogP contribution in [0.1, 0.15) is 38.2 Å². The topological polar surface area (TPSA) is 10.4 Å². The Morgan fingerprint density at radius 1 is 0.931 bits per heavy atom. The maximum absolute atomic E-state index is 2.57. The minimum Gasteiger partial charge on any atom is -0.353 e. The van der Waals surface area contributed by atoms with Crippen molar-refractivity contribution in [1.82, 2.24) is 4.90 Å². The van der Waals surface area contributed by atoms with Crippen molar-refractivity contribution in [3.8, 4) is 11.3 Å². The van der Waals surface area contributed by atoms with E-state index in [2.05, 4.69) is 102 Å². The van der Waals surface area contributed by atoms with E-state index in [0.717, 1.165) is 0 Å². The van der Waals surface area contributed by atoms with Crippen LogP contribution in [-0.2, 0) is 7.05 Å². The van der Waals surface area contributed by atoms with Crippen LogP contribution in [0.15, 0.2) is 67.1 Å². The maximum Gasteiger partial charge on any atom is 0.220 e. The summed E-state index contributed by atoms with van der Waals surface area (Å²) in [4.78, 5) is 5.01. The molecule has 29 heavy (non-hydrogen) atoms. The molecule has 0 bridgehead atoms. The number of hydrogen-bond acceptors (Lipinski definition) is 2. The number of fused-ring (bicyclic) bond motifs is 1. The van der Waals surface area contributed by atoms with Crippen molar-refractivity contribution in [3.05, 3.63) is 72.7 Å². The van der Waals surface area contributed by atoms with E-state index in [9.17, 15) is 0 Å². The minimum absolute atomic E-state index is 0.369. The zero-order valence-electron chi connectivity index (χ0n) is 17.7. The quantitative estimate of drug-likeness (QED) is 0.550. The number of rotatable bonds is 3. The van der Waals surface area contributed by atoms with Crippen LogP contribution in [-0.4, -0.2) is 17.1 Å². The average Bonchev–Trinajstić information content (AvgIpc) is 3.38. The van der Waals surface area contributed by atoms with Crippen molar-refractivity contribution in [2.45, 2.75) is 51.7 Å². The highest BCUT2D eigenvalue weighted by atomic mass is 15.4. The second kappa shape index (κ2) is 7.22. The van der Waals surface area contributed by atoms with E-state index in [-0.39, 0.29) is 0 Å². The van der Waals surface area contributed by atoms with E-state index in [4.69, 9.17) is 0 Å². The van der Waals surface area contributed by atoms with Gasteiger partial charge in [-0.15, -0.1) is 0 Å². The molecule has 0 spiro atoms. The van der Waals surface area contributed by atoms with Gasteiger partial charge in [0, 0.05) is 30.2 Å². The summed E-state index contributed by atoms with van der Waals surface area (Å²) in [6.07, 6.45) is 12.5. The first-order valence-electron chi connectivity index (χ1n) is 10.9. The van der Waals surface area contributed by atoms with E-state index in [1.165, 1.54) is 59.0 Å². The number of aromatic nitrogens is 1. The fourth-order valence-corrected chi connectivity index (χ4v) is 5.26. The van der Waals surface area contributed by atoms with Crippen LogP contribution >= 0.6 is 0 Å². The normalized spacial score (nSPS) is 19.6. The molecule has 1 aliphatic carbocycles. The number of anilines is 1. The smallest absolute Gasteiger partial charge is 0.220 e. The highest BCUT2D eigenvalue weighted by molar-refractivity contribution is 5.94. The van der Waals surface area contributed by atoms with Gasteiger partial charge in [0.2, 0.25) is 5.69 Å². The molecule has 0 saturated heterocycles. The number of aryl methyl sites for hydroxylation is 1. The average molecular weight is 385 g/mol. The lowest BCUT2D eigenvalue weighted by molar-refractivity contribution is -0.659. The fraction of sp³-hybridized carbons (Fsp3) is 0.346. The van der Waals surface area contributed by atoms with Crippen molar-refractivity contribution < 1.29 is 4.57 Å². The summed E-state index contributed by atoms with van der Waals surface area (Å²) in [5, 5.41) is 2.59. The molecule has 3 heteroatoms. The summed E-state index contributed by atoms with van der Waals surface area (Å²) in [6, 6.07) is 18.3. The Bertz CT molecular complexity index is 1080. The zero-order valence-corrected chi connectivity index (χ0v) is 17.7. The third-order valence-corrected chi connectivity index (χ3v) is 6.86. The third kappa shape index (κ3) is 3.00. The van der Waals surface area contributed by atoms with Crippen LogP contribution in [0.5, 0.6) is 0 Å². The van der Waals surface area contributed by atoms with Gasteiger partial charge in [0.15, 0.2) is 6.20 Å². The summed E-state index contributed by atoms with van der Waals surface area (Å²) < 4.78 is 2.25. The Hall–Kier alpha value is -2.81. The van der Waals surface area contributed by atoms with Crippen molar-refractivity contribution in [1.29, 1.82) is 0 Å². The number of nitrogens with zero attached hydrogens (tertiary/aromatic N) is 3. The second-order valence-electron chi connectivity index (χ2n) is 8.53. The summed E-state index contributed by atoms with van der Waals surface area (Å²) >= 11 is 0. The van der Waals surface area contributed by atoms with Crippen LogP contribution in [0.3, 0.4) is 0 Å². The molecule has 148 valence electrons. The van der Waals surface area contributed by atoms with Crippen molar-refractivity contribution in [2.24, 2.45) is 7.05 Å². The van der Waals surface area contributed by atoms with Gasteiger partial charge in [0.1, 0.15) is 13.2 Å². The van der Waals surface area contributed by atoms with Crippen molar-refractivity contribution in [2.75, 3.05) is 4.90 Å². The molecule has 1 saturated carbocycles. The lowest BCUT2D eigenvalue weighted by atomic mass is 9.98. The largest absolute Gasteiger partial charge is 0.353 e. The van der Waals surface area contributed by atoms with Crippen LogP contribution in [0.25, 0.3) is 22.0 Å². The van der Waals surface area contributed by atoms with Gasteiger partial charge < -0.3 is 9.80 Å². The Morgan fingerprint density at radius 3 is 2.55 bits per heavy atom. The van der Waals surface area contributed by atoms with Gasteiger partial charge in [-0.25, -0.2) is 4.57 Å². The molecule has 2 aromatic carbocycles. The van der Waals surface area contributed by atoms with Gasteiger partial charge in [-0.05, 0) is 55.8 Å². The van der Waals surface area contributed by atoms with Crippen LogP contribution in [0.4, 0.5) is 5.69 Å². The Morgan fingerprint density at radius 2 is 1.72 bits per heavy atom. The van der Waals surface area contributed by atoms with Gasteiger partial charge in [-0.1, -0.05) is 37.1 Å². The highest BCUT2D eigenvalue weighted by Crippen LogP contribution is 2.37. The molecule has 3 aromatic rings. The maximum atomic E-state index is 2.57. The molecule has 1 aliphatic heterocycles. The molecular weight excluding hydrogens is 354 g/mol. The van der Waals surface area contributed by atoms with E-state index in [0.29, 0.717) is 12.2 Å². The van der Waals surface area contributed by atoms with Crippen LogP contribution in [0, 0.1) is 6.92 Å². The second-order valence-corrected chi connectivity index (χ2v) is 8.53. The Balaban J connectivity index is 1.57. The first-order chi connectivity index (χ1) is 14.1. The van der Waals surface area contributed by atoms with Gasteiger partial charge in [-0.3, -0.25) is 0 Å². The monoisotopic (exact) mass is 384 g/mol.